The van der Waals surface area contributed by atoms with E-state index in [0.29, 0.717) is 53.0 Å². The van der Waals surface area contributed by atoms with Crippen LogP contribution in [0.1, 0.15) is 78.5 Å². The second kappa shape index (κ2) is 13.0. The van der Waals surface area contributed by atoms with E-state index in [-0.39, 0.29) is 16.3 Å². The Bertz CT molecular complexity index is 1640. The molecule has 0 unspecified atom stereocenters. The molecular formula is C39H54FN5O2Si. The molecule has 0 N–H and O–H groups in total. The first-order valence-electron chi connectivity index (χ1n) is 17.9. The molecule has 7 nitrogen and oxygen atoms in total. The molecule has 48 heavy (non-hydrogen) atoms. The molecule has 0 spiro atoms. The van der Waals surface area contributed by atoms with Gasteiger partial charge in [0.25, 0.3) is 0 Å². The van der Waals surface area contributed by atoms with Crippen LogP contribution >= 0.6 is 0 Å². The lowest BCUT2D eigenvalue weighted by Gasteiger charge is -2.57. The van der Waals surface area contributed by atoms with Crippen molar-refractivity contribution in [2.45, 2.75) is 98.2 Å². The van der Waals surface area contributed by atoms with Crippen molar-refractivity contribution in [1.82, 2.24) is 9.78 Å². The summed E-state index contributed by atoms with van der Waals surface area (Å²) < 4.78 is 28.5. The number of nitrogens with zero attached hydrogens (tertiary/aromatic N) is 5. The van der Waals surface area contributed by atoms with Gasteiger partial charge in [-0.25, -0.2) is 9.07 Å². The summed E-state index contributed by atoms with van der Waals surface area (Å²) in [5.74, 6) is 3.40. The maximum absolute atomic E-state index is 13.4. The van der Waals surface area contributed by atoms with Gasteiger partial charge < -0.3 is 9.16 Å². The van der Waals surface area contributed by atoms with Crippen LogP contribution in [0.4, 0.5) is 4.39 Å². The summed E-state index contributed by atoms with van der Waals surface area (Å²) in [4.78, 5) is 3.28. The molecule has 3 aliphatic carbocycles. The van der Waals surface area contributed by atoms with Gasteiger partial charge in [-0.05, 0) is 157 Å². The van der Waals surface area contributed by atoms with Gasteiger partial charge in [-0.15, -0.1) is 0 Å². The number of benzene rings is 2. The first kappa shape index (κ1) is 34.7. The Morgan fingerprint density at radius 3 is 2.29 bits per heavy atom. The van der Waals surface area contributed by atoms with Gasteiger partial charge in [0, 0.05) is 23.8 Å². The Hall–Kier alpha value is -3.13. The van der Waals surface area contributed by atoms with E-state index in [4.69, 9.17) is 14.3 Å². The van der Waals surface area contributed by atoms with E-state index in [9.17, 15) is 9.92 Å². The summed E-state index contributed by atoms with van der Waals surface area (Å²) in [6.45, 7) is 20.4. The van der Waals surface area contributed by atoms with Crippen LogP contribution in [0.15, 0.2) is 59.8 Å². The number of fused-ring (bicyclic) bond motifs is 2. The van der Waals surface area contributed by atoms with Crippen molar-refractivity contribution in [2.75, 3.05) is 13.2 Å². The monoisotopic (exact) mass is 671 g/mol. The van der Waals surface area contributed by atoms with Crippen molar-refractivity contribution in [3.63, 3.8) is 0 Å². The van der Waals surface area contributed by atoms with Gasteiger partial charge in [-0.1, -0.05) is 46.7 Å². The maximum atomic E-state index is 13.4. The fraction of sp³-hybridized carbons (Fsp3) is 0.615. The highest BCUT2D eigenvalue weighted by atomic mass is 28.4. The molecule has 3 aliphatic rings. The molecule has 9 heteroatoms. The van der Waals surface area contributed by atoms with E-state index < -0.39 is 8.32 Å². The number of rotatable bonds is 9. The van der Waals surface area contributed by atoms with Crippen LogP contribution in [-0.2, 0) is 17.3 Å². The highest BCUT2D eigenvalue weighted by molar-refractivity contribution is 6.74. The molecule has 0 radical (unpaired) electrons. The predicted octanol–water partition coefficient (Wildman–Crippen LogP) is 10.9. The summed E-state index contributed by atoms with van der Waals surface area (Å²) in [6, 6.07) is 14.0. The van der Waals surface area contributed by atoms with Crippen LogP contribution in [0.25, 0.3) is 16.1 Å². The molecule has 6 rings (SSSR count). The largest absolute Gasteiger partial charge is 0.457 e. The molecule has 0 aliphatic heterocycles. The van der Waals surface area contributed by atoms with Gasteiger partial charge in [-0.2, -0.15) is 5.10 Å². The quantitative estimate of drug-likeness (QED) is 0.0982. The molecule has 0 saturated heterocycles. The van der Waals surface area contributed by atoms with E-state index in [1.807, 2.05) is 24.3 Å². The molecule has 0 amide bonds. The van der Waals surface area contributed by atoms with Gasteiger partial charge in [0.1, 0.15) is 17.3 Å². The summed E-state index contributed by atoms with van der Waals surface area (Å²) in [5, 5.41) is 9.36. The number of hydrogen-bond acceptors (Lipinski definition) is 4. The molecule has 1 aromatic heterocycles. The number of ether oxygens (including phenoxy) is 1. The van der Waals surface area contributed by atoms with Crippen LogP contribution in [0.2, 0.25) is 18.1 Å². The molecule has 2 fully saturated rings. The van der Waals surface area contributed by atoms with E-state index in [1.54, 1.807) is 12.1 Å². The molecule has 258 valence electrons. The molecular weight excluding hydrogens is 618 g/mol. The fourth-order valence-electron chi connectivity index (χ4n) is 9.27. The van der Waals surface area contributed by atoms with Crippen molar-refractivity contribution < 1.29 is 13.6 Å². The van der Waals surface area contributed by atoms with Gasteiger partial charge >= 0.3 is 0 Å². The lowest BCUT2D eigenvalue weighted by atomic mass is 9.49. The number of hydrogen-bond donors (Lipinski definition) is 0. The van der Waals surface area contributed by atoms with Crippen LogP contribution in [0.5, 0.6) is 11.5 Å². The Morgan fingerprint density at radius 1 is 1.00 bits per heavy atom. The Morgan fingerprint density at radius 2 is 1.65 bits per heavy atom. The van der Waals surface area contributed by atoms with Crippen molar-refractivity contribution in [3.8, 4) is 17.2 Å². The van der Waals surface area contributed by atoms with Crippen LogP contribution in [-0.4, -0.2) is 31.2 Å². The van der Waals surface area contributed by atoms with Crippen molar-refractivity contribution in [1.29, 1.82) is 0 Å². The number of aromatic nitrogens is 2. The van der Waals surface area contributed by atoms with E-state index in [1.165, 1.54) is 42.7 Å². The minimum Gasteiger partial charge on any atom is -0.457 e. The third-order valence-electron chi connectivity index (χ3n) is 13.6. The zero-order chi connectivity index (χ0) is 34.5. The average molecular weight is 672 g/mol. The van der Waals surface area contributed by atoms with Crippen molar-refractivity contribution in [2.24, 2.45) is 45.5 Å². The third kappa shape index (κ3) is 6.34. The van der Waals surface area contributed by atoms with Gasteiger partial charge in [-0.3, -0.25) is 0 Å². The number of halogens is 1. The molecule has 2 saturated carbocycles. The standard InChI is InChI=1S/C39H54FN5O2Si/c1-26-9-18-34-33(24-42-44-41)35(19-20-38(26,34)5)39(6)22-27-23-43-45(36(27)21-28(39)25-46-48(7,8)37(2,3)4)30-12-16-32(17-13-30)47-31-14-10-29(40)11-15-31/h10-17,23,26,28,33-35H,9,18-22,24-25H2,1-8H3/t26-,28+,33-,34-,35-,38+,39-/m0/s1. The average Bonchev–Trinajstić information content (AvgIpc) is 3.58. The van der Waals surface area contributed by atoms with Crippen LogP contribution in [0, 0.1) is 46.2 Å². The Balaban J connectivity index is 1.33. The number of azide groups is 1. The van der Waals surface area contributed by atoms with E-state index in [0.717, 1.165) is 31.6 Å². The van der Waals surface area contributed by atoms with Gasteiger partial charge in [0.05, 0.1) is 11.9 Å². The van der Waals surface area contributed by atoms with Crippen molar-refractivity contribution >= 4 is 8.32 Å². The highest BCUT2D eigenvalue weighted by Gasteiger charge is 2.58. The van der Waals surface area contributed by atoms with Gasteiger partial charge in [0.2, 0.25) is 0 Å². The van der Waals surface area contributed by atoms with Crippen LogP contribution < -0.4 is 4.74 Å². The molecule has 2 aromatic carbocycles. The Labute approximate surface area is 287 Å². The maximum Gasteiger partial charge on any atom is 0.191 e. The second-order valence-corrected chi connectivity index (χ2v) is 21.9. The molecule has 3 aromatic rings. The Kier molecular flexibility index (Phi) is 9.37. The first-order chi connectivity index (χ1) is 22.7. The topological polar surface area (TPSA) is 85.0 Å². The third-order valence-corrected chi connectivity index (χ3v) is 18.1. The normalized spacial score (nSPS) is 30.3. The summed E-state index contributed by atoms with van der Waals surface area (Å²) in [6.07, 6.45) is 8.79. The van der Waals surface area contributed by atoms with E-state index >= 15 is 0 Å². The van der Waals surface area contributed by atoms with Crippen LogP contribution in [0.3, 0.4) is 0 Å². The lowest BCUT2D eigenvalue weighted by Crippen LogP contribution is -2.53. The lowest BCUT2D eigenvalue weighted by molar-refractivity contribution is -0.0679. The van der Waals surface area contributed by atoms with Gasteiger partial charge in [0.15, 0.2) is 8.32 Å². The SMILES string of the molecule is C[C@H]1CC[C@H]2[C@H](CN=[N+]=[N-])[C@@H]([C@@]3(C)Cc4cnn(-c5ccc(Oc6ccc(F)cc6)cc5)c4C[C@@H]3CO[Si](C)(C)C(C)(C)C)CC[C@]12C. The minimum atomic E-state index is -2.00. The smallest absolute Gasteiger partial charge is 0.191 e. The summed E-state index contributed by atoms with van der Waals surface area (Å²) in [7, 11) is -2.00. The second-order valence-electron chi connectivity index (χ2n) is 17.0. The molecule has 1 heterocycles. The first-order valence-corrected chi connectivity index (χ1v) is 20.8. The molecule has 0 bridgehead atoms. The predicted molar refractivity (Wildman–Crippen MR) is 192 cm³/mol. The fourth-order valence-corrected chi connectivity index (χ4v) is 10.3. The van der Waals surface area contributed by atoms with E-state index in [2.05, 4.69) is 75.5 Å². The zero-order valence-electron chi connectivity index (χ0n) is 30.2. The minimum absolute atomic E-state index is 0.0150. The van der Waals surface area contributed by atoms with Crippen molar-refractivity contribution in [3.05, 3.63) is 82.2 Å². The zero-order valence-corrected chi connectivity index (χ0v) is 31.2. The summed E-state index contributed by atoms with van der Waals surface area (Å²) in [5.41, 5.74) is 13.3. The summed E-state index contributed by atoms with van der Waals surface area (Å²) >= 11 is 0. The highest BCUT2D eigenvalue weighted by Crippen LogP contribution is 2.63. The molecule has 7 atom stereocenters.